The Hall–Kier alpha value is -3.35. The number of carbonyl (C=O) groups excluding carboxylic acids is 1. The van der Waals surface area contributed by atoms with Gasteiger partial charge in [-0.2, -0.15) is 0 Å². The van der Waals surface area contributed by atoms with Gasteiger partial charge in [0, 0.05) is 24.4 Å². The number of halogens is 3. The van der Waals surface area contributed by atoms with E-state index >= 15 is 0 Å². The summed E-state index contributed by atoms with van der Waals surface area (Å²) in [6.45, 7) is 0.0479. The van der Waals surface area contributed by atoms with Gasteiger partial charge in [-0.05, 0) is 30.3 Å². The second-order valence-corrected chi connectivity index (χ2v) is 5.46. The van der Waals surface area contributed by atoms with Crippen molar-refractivity contribution in [1.29, 1.82) is 0 Å². The van der Waals surface area contributed by atoms with E-state index < -0.39 is 23.4 Å². The molecular weight excluding hydrogens is 343 g/mol. The van der Waals surface area contributed by atoms with Crippen molar-refractivity contribution in [1.82, 2.24) is 10.3 Å². The second-order valence-electron chi connectivity index (χ2n) is 5.46. The topological polar surface area (TPSA) is 54.0 Å². The molecule has 0 aliphatic heterocycles. The molecule has 0 unspecified atom stereocenters. The lowest BCUT2D eigenvalue weighted by Gasteiger charge is -2.09. The molecular formula is C19H14F3N3O. The first kappa shape index (κ1) is 17.5. The van der Waals surface area contributed by atoms with Crippen molar-refractivity contribution >= 4 is 17.4 Å². The number of aromatic nitrogens is 1. The molecule has 0 saturated heterocycles. The van der Waals surface area contributed by atoms with E-state index in [-0.39, 0.29) is 17.8 Å². The number of hydrogen-bond donors (Lipinski definition) is 2. The Labute approximate surface area is 147 Å². The summed E-state index contributed by atoms with van der Waals surface area (Å²) in [6.07, 6.45) is 1.31. The van der Waals surface area contributed by atoms with Crippen molar-refractivity contribution in [2.24, 2.45) is 0 Å². The first-order valence-corrected chi connectivity index (χ1v) is 7.72. The van der Waals surface area contributed by atoms with Gasteiger partial charge in [-0.15, -0.1) is 0 Å². The predicted molar refractivity (Wildman–Crippen MR) is 91.4 cm³/mol. The summed E-state index contributed by atoms with van der Waals surface area (Å²) in [5.41, 5.74) is 0.709. The third-order valence-electron chi connectivity index (χ3n) is 3.62. The lowest BCUT2D eigenvalue weighted by atomic mass is 10.2. The fourth-order valence-corrected chi connectivity index (χ4v) is 2.25. The largest absolute Gasteiger partial charge is 0.348 e. The average molecular weight is 357 g/mol. The van der Waals surface area contributed by atoms with Crippen LogP contribution in [-0.4, -0.2) is 10.9 Å². The van der Waals surface area contributed by atoms with Gasteiger partial charge in [0.15, 0.2) is 0 Å². The van der Waals surface area contributed by atoms with Gasteiger partial charge in [0.1, 0.15) is 23.3 Å². The number of anilines is 2. The van der Waals surface area contributed by atoms with Crippen LogP contribution in [0.3, 0.4) is 0 Å². The summed E-state index contributed by atoms with van der Waals surface area (Å²) in [6, 6.07) is 12.3. The second kappa shape index (κ2) is 7.69. The summed E-state index contributed by atoms with van der Waals surface area (Å²) in [4.78, 5) is 16.1. The Morgan fingerprint density at radius 1 is 0.962 bits per heavy atom. The van der Waals surface area contributed by atoms with Crippen LogP contribution in [0.4, 0.5) is 24.7 Å². The molecule has 0 bridgehead atoms. The Balaban J connectivity index is 1.63. The van der Waals surface area contributed by atoms with Gasteiger partial charge in [-0.1, -0.05) is 18.2 Å². The quantitative estimate of drug-likeness (QED) is 0.721. The molecule has 0 spiro atoms. The summed E-state index contributed by atoms with van der Waals surface area (Å²) >= 11 is 0. The number of rotatable bonds is 5. The lowest BCUT2D eigenvalue weighted by Crippen LogP contribution is -2.23. The molecule has 4 nitrogen and oxygen atoms in total. The van der Waals surface area contributed by atoms with Crippen LogP contribution in [0, 0.1) is 17.5 Å². The zero-order valence-corrected chi connectivity index (χ0v) is 13.5. The van der Waals surface area contributed by atoms with E-state index in [1.165, 1.54) is 30.5 Å². The van der Waals surface area contributed by atoms with Crippen LogP contribution in [0.5, 0.6) is 0 Å². The number of benzene rings is 2. The Morgan fingerprint density at radius 2 is 1.77 bits per heavy atom. The molecule has 0 fully saturated rings. The van der Waals surface area contributed by atoms with E-state index in [9.17, 15) is 18.0 Å². The van der Waals surface area contributed by atoms with E-state index in [4.69, 9.17) is 0 Å². The Bertz CT molecular complexity index is 930. The number of carbonyl (C=O) groups is 1. The highest BCUT2D eigenvalue weighted by Gasteiger charge is 2.09. The molecule has 0 aliphatic rings. The first-order chi connectivity index (χ1) is 12.5. The van der Waals surface area contributed by atoms with Crippen molar-refractivity contribution in [2.45, 2.75) is 6.54 Å². The zero-order valence-electron chi connectivity index (χ0n) is 13.5. The maximum Gasteiger partial charge on any atom is 0.253 e. The third-order valence-corrected chi connectivity index (χ3v) is 3.62. The smallest absolute Gasteiger partial charge is 0.253 e. The highest BCUT2D eigenvalue weighted by atomic mass is 19.1. The molecule has 132 valence electrons. The van der Waals surface area contributed by atoms with E-state index in [0.717, 1.165) is 12.1 Å². The number of nitrogens with one attached hydrogen (secondary N) is 2. The molecule has 1 amide bonds. The van der Waals surface area contributed by atoms with E-state index in [2.05, 4.69) is 15.6 Å². The van der Waals surface area contributed by atoms with Gasteiger partial charge in [0.25, 0.3) is 5.91 Å². The van der Waals surface area contributed by atoms with Crippen LogP contribution < -0.4 is 10.6 Å². The number of amides is 1. The molecule has 0 atom stereocenters. The molecule has 3 aromatic rings. The molecule has 3 rings (SSSR count). The van der Waals surface area contributed by atoms with Crippen molar-refractivity contribution in [2.75, 3.05) is 5.32 Å². The fourth-order valence-electron chi connectivity index (χ4n) is 2.25. The number of pyridine rings is 1. The average Bonchev–Trinajstić information content (AvgIpc) is 2.64. The molecule has 1 aromatic heterocycles. The van der Waals surface area contributed by atoms with Crippen molar-refractivity contribution in [3.63, 3.8) is 0 Å². The van der Waals surface area contributed by atoms with Gasteiger partial charge >= 0.3 is 0 Å². The minimum Gasteiger partial charge on any atom is -0.348 e. The highest BCUT2D eigenvalue weighted by Crippen LogP contribution is 2.19. The van der Waals surface area contributed by atoms with Crippen LogP contribution in [0.15, 0.2) is 60.8 Å². The summed E-state index contributed by atoms with van der Waals surface area (Å²) in [7, 11) is 0. The van der Waals surface area contributed by atoms with Crippen LogP contribution in [0.25, 0.3) is 0 Å². The minimum atomic E-state index is -0.751. The van der Waals surface area contributed by atoms with E-state index in [1.807, 2.05) is 0 Å². The summed E-state index contributed by atoms with van der Waals surface area (Å²) in [5.74, 6) is -1.95. The number of nitrogens with zero attached hydrogens (tertiary/aromatic N) is 1. The molecule has 0 saturated carbocycles. The maximum absolute atomic E-state index is 13.6. The van der Waals surface area contributed by atoms with Crippen molar-refractivity contribution in [3.05, 3.63) is 89.4 Å². The normalized spacial score (nSPS) is 10.4. The van der Waals surface area contributed by atoms with Crippen molar-refractivity contribution in [3.8, 4) is 0 Å². The molecule has 2 N–H and O–H groups in total. The molecule has 26 heavy (non-hydrogen) atoms. The molecule has 0 radical (unpaired) electrons. The molecule has 1 heterocycles. The monoisotopic (exact) mass is 357 g/mol. The summed E-state index contributed by atoms with van der Waals surface area (Å²) < 4.78 is 40.0. The fraction of sp³-hybridized carbons (Fsp3) is 0.0526. The van der Waals surface area contributed by atoms with E-state index in [0.29, 0.717) is 11.4 Å². The highest BCUT2D eigenvalue weighted by molar-refractivity contribution is 5.94. The standard InChI is InChI=1S/C19H14F3N3O/c20-14-6-7-17(16(22)9-14)25-18-8-5-13(11-23-18)19(26)24-10-12-3-1-2-4-15(12)21/h1-9,11H,10H2,(H,23,25)(H,24,26). The lowest BCUT2D eigenvalue weighted by molar-refractivity contribution is 0.0950. The van der Waals surface area contributed by atoms with Gasteiger partial charge in [0.05, 0.1) is 11.3 Å². The summed E-state index contributed by atoms with van der Waals surface area (Å²) in [5, 5.41) is 5.30. The van der Waals surface area contributed by atoms with Crippen LogP contribution >= 0.6 is 0 Å². The van der Waals surface area contributed by atoms with Gasteiger partial charge in [0.2, 0.25) is 0 Å². The van der Waals surface area contributed by atoms with Gasteiger partial charge in [-0.3, -0.25) is 4.79 Å². The van der Waals surface area contributed by atoms with Gasteiger partial charge < -0.3 is 10.6 Å². The zero-order chi connectivity index (χ0) is 18.5. The number of hydrogen-bond acceptors (Lipinski definition) is 3. The van der Waals surface area contributed by atoms with Crippen LogP contribution in [-0.2, 0) is 6.54 Å². The third kappa shape index (κ3) is 4.18. The Kier molecular flexibility index (Phi) is 5.17. The van der Waals surface area contributed by atoms with Crippen molar-refractivity contribution < 1.29 is 18.0 Å². The Morgan fingerprint density at radius 3 is 2.46 bits per heavy atom. The van der Waals surface area contributed by atoms with Crippen LogP contribution in [0.2, 0.25) is 0 Å². The van der Waals surface area contributed by atoms with Crippen LogP contribution in [0.1, 0.15) is 15.9 Å². The SMILES string of the molecule is O=C(NCc1ccccc1F)c1ccc(Nc2ccc(F)cc2F)nc1. The molecule has 0 aliphatic carbocycles. The van der Waals surface area contributed by atoms with Gasteiger partial charge in [-0.25, -0.2) is 18.2 Å². The molecule has 7 heteroatoms. The molecule has 2 aromatic carbocycles. The first-order valence-electron chi connectivity index (χ1n) is 7.72. The van der Waals surface area contributed by atoms with E-state index in [1.54, 1.807) is 18.2 Å². The predicted octanol–water partition coefficient (Wildman–Crippen LogP) is 4.17. The minimum absolute atomic E-state index is 0.0479. The maximum atomic E-state index is 13.6.